The number of ether oxygens (including phenoxy) is 1. The maximum atomic E-state index is 5.71. The van der Waals surface area contributed by atoms with Crippen LogP contribution in [0.15, 0.2) is 48.5 Å². The summed E-state index contributed by atoms with van der Waals surface area (Å²) in [7, 11) is 0. The Hall–Kier alpha value is -1.80. The van der Waals surface area contributed by atoms with Gasteiger partial charge in [0.15, 0.2) is 0 Å². The molecule has 0 radical (unpaired) electrons. The fourth-order valence-electron chi connectivity index (χ4n) is 2.15. The zero-order chi connectivity index (χ0) is 14.4. The van der Waals surface area contributed by atoms with Gasteiger partial charge in [0.2, 0.25) is 0 Å². The van der Waals surface area contributed by atoms with E-state index in [1.807, 2.05) is 26.0 Å². The van der Waals surface area contributed by atoms with Crippen LogP contribution in [0.25, 0.3) is 0 Å². The monoisotopic (exact) mass is 269 g/mol. The zero-order valence-corrected chi connectivity index (χ0v) is 12.5. The minimum absolute atomic E-state index is 0.213. The summed E-state index contributed by atoms with van der Waals surface area (Å²) in [6.45, 7) is 7.98. The molecular formula is C18H23NO. The molecule has 0 bridgehead atoms. The third-order valence-corrected chi connectivity index (χ3v) is 3.18. The number of nitrogens with one attached hydrogen (secondary N) is 1. The second kappa shape index (κ2) is 7.11. The minimum atomic E-state index is 0.213. The summed E-state index contributed by atoms with van der Waals surface area (Å²) in [5, 5.41) is 3.48. The molecule has 0 amide bonds. The van der Waals surface area contributed by atoms with E-state index < -0.39 is 0 Å². The molecular weight excluding hydrogens is 246 g/mol. The SMILES string of the molecule is Cc1ccccc1CNCc1cccc(OC(C)C)c1. The van der Waals surface area contributed by atoms with Crippen molar-refractivity contribution in [3.05, 3.63) is 65.2 Å². The molecule has 0 atom stereocenters. The van der Waals surface area contributed by atoms with Crippen LogP contribution in [0.4, 0.5) is 0 Å². The summed E-state index contributed by atoms with van der Waals surface area (Å²) in [5.41, 5.74) is 3.93. The average molecular weight is 269 g/mol. The third-order valence-electron chi connectivity index (χ3n) is 3.18. The third kappa shape index (κ3) is 4.39. The van der Waals surface area contributed by atoms with Crippen molar-refractivity contribution in [1.29, 1.82) is 0 Å². The Balaban J connectivity index is 1.89. The van der Waals surface area contributed by atoms with Gasteiger partial charge in [-0.1, -0.05) is 36.4 Å². The molecule has 0 saturated carbocycles. The van der Waals surface area contributed by atoms with Crippen molar-refractivity contribution in [2.24, 2.45) is 0 Å². The van der Waals surface area contributed by atoms with Crippen molar-refractivity contribution in [1.82, 2.24) is 5.32 Å². The van der Waals surface area contributed by atoms with E-state index in [9.17, 15) is 0 Å². The fourth-order valence-corrected chi connectivity index (χ4v) is 2.15. The summed E-state index contributed by atoms with van der Waals surface area (Å²) in [4.78, 5) is 0. The van der Waals surface area contributed by atoms with E-state index in [1.54, 1.807) is 0 Å². The predicted octanol–water partition coefficient (Wildman–Crippen LogP) is 4.07. The Labute approximate surface area is 121 Å². The topological polar surface area (TPSA) is 21.3 Å². The first kappa shape index (κ1) is 14.6. The van der Waals surface area contributed by atoms with Crippen LogP contribution >= 0.6 is 0 Å². The van der Waals surface area contributed by atoms with Gasteiger partial charge in [0.05, 0.1) is 6.10 Å². The van der Waals surface area contributed by atoms with E-state index in [0.717, 1.165) is 18.8 Å². The van der Waals surface area contributed by atoms with E-state index in [2.05, 4.69) is 48.6 Å². The lowest BCUT2D eigenvalue weighted by Crippen LogP contribution is -2.13. The number of hydrogen-bond donors (Lipinski definition) is 1. The lowest BCUT2D eigenvalue weighted by Gasteiger charge is -2.12. The predicted molar refractivity (Wildman–Crippen MR) is 83.9 cm³/mol. The minimum Gasteiger partial charge on any atom is -0.491 e. The second-order valence-corrected chi connectivity index (χ2v) is 5.34. The number of benzene rings is 2. The van der Waals surface area contributed by atoms with E-state index in [0.29, 0.717) is 0 Å². The quantitative estimate of drug-likeness (QED) is 0.853. The highest BCUT2D eigenvalue weighted by molar-refractivity contribution is 5.29. The molecule has 20 heavy (non-hydrogen) atoms. The molecule has 0 spiro atoms. The molecule has 2 aromatic carbocycles. The van der Waals surface area contributed by atoms with Crippen LogP contribution in [0.2, 0.25) is 0 Å². The van der Waals surface area contributed by atoms with Crippen LogP contribution in [-0.4, -0.2) is 6.10 Å². The van der Waals surface area contributed by atoms with Gasteiger partial charge in [-0.2, -0.15) is 0 Å². The van der Waals surface area contributed by atoms with Gasteiger partial charge in [0.25, 0.3) is 0 Å². The molecule has 2 heteroatoms. The Kier molecular flexibility index (Phi) is 5.19. The maximum absolute atomic E-state index is 5.71. The number of hydrogen-bond acceptors (Lipinski definition) is 2. The molecule has 0 heterocycles. The molecule has 0 unspecified atom stereocenters. The van der Waals surface area contributed by atoms with Gasteiger partial charge in [0.1, 0.15) is 5.75 Å². The van der Waals surface area contributed by atoms with Crippen LogP contribution in [0.5, 0.6) is 5.75 Å². The zero-order valence-electron chi connectivity index (χ0n) is 12.5. The van der Waals surface area contributed by atoms with Crippen LogP contribution in [0, 0.1) is 6.92 Å². The highest BCUT2D eigenvalue weighted by Gasteiger charge is 2.00. The lowest BCUT2D eigenvalue weighted by molar-refractivity contribution is 0.242. The van der Waals surface area contributed by atoms with Crippen molar-refractivity contribution in [3.63, 3.8) is 0 Å². The first-order valence-electron chi connectivity index (χ1n) is 7.16. The molecule has 0 saturated heterocycles. The number of aryl methyl sites for hydroxylation is 1. The molecule has 2 nitrogen and oxygen atoms in total. The number of rotatable bonds is 6. The van der Waals surface area contributed by atoms with E-state index >= 15 is 0 Å². The Morgan fingerprint density at radius 1 is 1.00 bits per heavy atom. The summed E-state index contributed by atoms with van der Waals surface area (Å²) < 4.78 is 5.71. The van der Waals surface area contributed by atoms with Crippen molar-refractivity contribution in [2.75, 3.05) is 0 Å². The first-order chi connectivity index (χ1) is 9.65. The van der Waals surface area contributed by atoms with E-state index in [-0.39, 0.29) is 6.10 Å². The van der Waals surface area contributed by atoms with Crippen LogP contribution in [0.3, 0.4) is 0 Å². The second-order valence-electron chi connectivity index (χ2n) is 5.34. The highest BCUT2D eigenvalue weighted by Crippen LogP contribution is 2.15. The molecule has 0 aliphatic rings. The van der Waals surface area contributed by atoms with Gasteiger partial charge in [-0.25, -0.2) is 0 Å². The highest BCUT2D eigenvalue weighted by atomic mass is 16.5. The molecule has 106 valence electrons. The Bertz CT molecular complexity index is 549. The molecule has 1 N–H and O–H groups in total. The molecule has 0 fully saturated rings. The van der Waals surface area contributed by atoms with Gasteiger partial charge in [0, 0.05) is 13.1 Å². The summed E-state index contributed by atoms with van der Waals surface area (Å²) >= 11 is 0. The van der Waals surface area contributed by atoms with Crippen molar-refractivity contribution in [2.45, 2.75) is 40.0 Å². The normalized spacial score (nSPS) is 10.8. The fraction of sp³-hybridized carbons (Fsp3) is 0.333. The largest absolute Gasteiger partial charge is 0.491 e. The van der Waals surface area contributed by atoms with Gasteiger partial charge < -0.3 is 10.1 Å². The van der Waals surface area contributed by atoms with E-state index in [4.69, 9.17) is 4.74 Å². The van der Waals surface area contributed by atoms with E-state index in [1.165, 1.54) is 16.7 Å². The van der Waals surface area contributed by atoms with Gasteiger partial charge >= 0.3 is 0 Å². The molecule has 0 aromatic heterocycles. The van der Waals surface area contributed by atoms with Crippen LogP contribution < -0.4 is 10.1 Å². The Morgan fingerprint density at radius 3 is 2.55 bits per heavy atom. The standard InChI is InChI=1S/C18H23NO/c1-14(2)20-18-10-6-8-16(11-18)12-19-13-17-9-5-4-7-15(17)3/h4-11,14,19H,12-13H2,1-3H3. The lowest BCUT2D eigenvalue weighted by atomic mass is 10.1. The smallest absolute Gasteiger partial charge is 0.120 e. The molecule has 0 aliphatic carbocycles. The van der Waals surface area contributed by atoms with Crippen LogP contribution in [-0.2, 0) is 13.1 Å². The summed E-state index contributed by atoms with van der Waals surface area (Å²) in [6, 6.07) is 16.7. The van der Waals surface area contributed by atoms with Gasteiger partial charge in [-0.05, 0) is 49.6 Å². The molecule has 2 rings (SSSR count). The van der Waals surface area contributed by atoms with Crippen molar-refractivity contribution in [3.8, 4) is 5.75 Å². The Morgan fingerprint density at radius 2 is 1.80 bits per heavy atom. The first-order valence-corrected chi connectivity index (χ1v) is 7.16. The average Bonchev–Trinajstić information content (AvgIpc) is 2.41. The maximum Gasteiger partial charge on any atom is 0.120 e. The molecule has 0 aliphatic heterocycles. The van der Waals surface area contributed by atoms with Crippen molar-refractivity contribution < 1.29 is 4.74 Å². The summed E-state index contributed by atoms with van der Waals surface area (Å²) in [5.74, 6) is 0.940. The van der Waals surface area contributed by atoms with Gasteiger partial charge in [-0.3, -0.25) is 0 Å². The van der Waals surface area contributed by atoms with Crippen molar-refractivity contribution >= 4 is 0 Å². The van der Waals surface area contributed by atoms with Crippen LogP contribution in [0.1, 0.15) is 30.5 Å². The summed E-state index contributed by atoms with van der Waals surface area (Å²) in [6.07, 6.45) is 0.213. The van der Waals surface area contributed by atoms with Gasteiger partial charge in [-0.15, -0.1) is 0 Å². The molecule has 2 aromatic rings.